The largest absolute Gasteiger partial charge is 0.392 e. The lowest BCUT2D eigenvalue weighted by Crippen LogP contribution is -1.99. The molecule has 86 valence electrons. The Morgan fingerprint density at radius 2 is 2.29 bits per heavy atom. The van der Waals surface area contributed by atoms with Crippen LogP contribution in [0.3, 0.4) is 0 Å². The highest BCUT2D eigenvalue weighted by atomic mass is 35.5. The standard InChI is InChI=1S/C12H10ClN3O/c1-8-11(13)6-16(15-8)12-3-2-9(7-17)4-10(12)5-14/h2-4,6,17H,7H2,1H3. The van der Waals surface area contributed by atoms with Gasteiger partial charge in [-0.15, -0.1) is 0 Å². The first-order valence-electron chi connectivity index (χ1n) is 5.01. The molecule has 0 radical (unpaired) electrons. The quantitative estimate of drug-likeness (QED) is 0.885. The smallest absolute Gasteiger partial charge is 0.101 e. The molecule has 2 aromatic rings. The number of hydrogen-bond acceptors (Lipinski definition) is 3. The maximum Gasteiger partial charge on any atom is 0.101 e. The zero-order chi connectivity index (χ0) is 12.4. The van der Waals surface area contributed by atoms with Crippen LogP contribution in [0.15, 0.2) is 24.4 Å². The van der Waals surface area contributed by atoms with Gasteiger partial charge in [0.05, 0.1) is 28.6 Å². The summed E-state index contributed by atoms with van der Waals surface area (Å²) in [4.78, 5) is 0. The van der Waals surface area contributed by atoms with Crippen LogP contribution in [0.4, 0.5) is 0 Å². The molecular formula is C12H10ClN3O. The van der Waals surface area contributed by atoms with Crippen LogP contribution in [0, 0.1) is 18.3 Å². The molecule has 0 bridgehead atoms. The highest BCUT2D eigenvalue weighted by Crippen LogP contribution is 2.20. The number of nitriles is 1. The van der Waals surface area contributed by atoms with Gasteiger partial charge < -0.3 is 5.11 Å². The number of rotatable bonds is 2. The van der Waals surface area contributed by atoms with Crippen molar-refractivity contribution in [2.75, 3.05) is 0 Å². The van der Waals surface area contributed by atoms with Crippen LogP contribution in [0.1, 0.15) is 16.8 Å². The molecule has 1 aromatic carbocycles. The van der Waals surface area contributed by atoms with Gasteiger partial charge in [-0.2, -0.15) is 10.4 Å². The SMILES string of the molecule is Cc1nn(-c2ccc(CO)cc2C#N)cc1Cl. The summed E-state index contributed by atoms with van der Waals surface area (Å²) in [6, 6.07) is 7.22. The first-order chi connectivity index (χ1) is 8.15. The van der Waals surface area contributed by atoms with Crippen molar-refractivity contribution in [2.45, 2.75) is 13.5 Å². The van der Waals surface area contributed by atoms with Crippen LogP contribution < -0.4 is 0 Å². The summed E-state index contributed by atoms with van der Waals surface area (Å²) in [5, 5.41) is 22.9. The van der Waals surface area contributed by atoms with Crippen LogP contribution in [-0.4, -0.2) is 14.9 Å². The van der Waals surface area contributed by atoms with Gasteiger partial charge in [0.2, 0.25) is 0 Å². The lowest BCUT2D eigenvalue weighted by molar-refractivity contribution is 0.282. The van der Waals surface area contributed by atoms with E-state index in [9.17, 15) is 0 Å². The molecule has 17 heavy (non-hydrogen) atoms. The molecule has 4 nitrogen and oxygen atoms in total. The van der Waals surface area contributed by atoms with E-state index in [1.807, 2.05) is 0 Å². The molecular weight excluding hydrogens is 238 g/mol. The van der Waals surface area contributed by atoms with Crippen LogP contribution in [0.5, 0.6) is 0 Å². The molecule has 0 spiro atoms. The fraction of sp³-hybridized carbons (Fsp3) is 0.167. The zero-order valence-corrected chi connectivity index (χ0v) is 9.94. The Labute approximate surface area is 104 Å². The second kappa shape index (κ2) is 4.58. The van der Waals surface area contributed by atoms with Crippen LogP contribution in [-0.2, 0) is 6.61 Å². The number of nitrogens with zero attached hydrogens (tertiary/aromatic N) is 3. The molecule has 1 N–H and O–H groups in total. The Kier molecular flexibility index (Phi) is 3.14. The second-order valence-electron chi connectivity index (χ2n) is 3.63. The molecule has 0 aliphatic heterocycles. The number of halogens is 1. The Hall–Kier alpha value is -1.83. The maximum atomic E-state index is 9.07. The minimum absolute atomic E-state index is 0.0894. The maximum absolute atomic E-state index is 9.07. The van der Waals surface area contributed by atoms with Crippen LogP contribution in [0.25, 0.3) is 5.69 Å². The molecule has 0 aliphatic rings. The average Bonchev–Trinajstić information content (AvgIpc) is 2.68. The fourth-order valence-corrected chi connectivity index (χ4v) is 1.66. The van der Waals surface area contributed by atoms with E-state index in [1.165, 1.54) is 0 Å². The Bertz CT molecular complexity index is 579. The van der Waals surface area contributed by atoms with Crippen molar-refractivity contribution in [2.24, 2.45) is 0 Å². The highest BCUT2D eigenvalue weighted by Gasteiger charge is 2.09. The van der Waals surface area contributed by atoms with Crippen LogP contribution >= 0.6 is 11.6 Å². The molecule has 0 aliphatic carbocycles. The Morgan fingerprint density at radius 1 is 1.53 bits per heavy atom. The average molecular weight is 248 g/mol. The van der Waals surface area contributed by atoms with E-state index in [-0.39, 0.29) is 6.61 Å². The first-order valence-corrected chi connectivity index (χ1v) is 5.39. The van der Waals surface area contributed by atoms with E-state index in [2.05, 4.69) is 11.2 Å². The monoisotopic (exact) mass is 247 g/mol. The van der Waals surface area contributed by atoms with Gasteiger partial charge in [-0.1, -0.05) is 17.7 Å². The molecule has 0 saturated heterocycles. The van der Waals surface area contributed by atoms with Gasteiger partial charge in [-0.05, 0) is 24.6 Å². The lowest BCUT2D eigenvalue weighted by atomic mass is 10.1. The number of hydrogen-bond donors (Lipinski definition) is 1. The molecule has 0 atom stereocenters. The fourth-order valence-electron chi connectivity index (χ4n) is 1.53. The van der Waals surface area contributed by atoms with E-state index < -0.39 is 0 Å². The second-order valence-corrected chi connectivity index (χ2v) is 4.04. The van der Waals surface area contributed by atoms with Crippen molar-refractivity contribution < 1.29 is 5.11 Å². The summed E-state index contributed by atoms with van der Waals surface area (Å²) < 4.78 is 1.57. The van der Waals surface area contributed by atoms with Gasteiger partial charge in [-0.25, -0.2) is 4.68 Å². The van der Waals surface area contributed by atoms with Crippen LogP contribution in [0.2, 0.25) is 5.02 Å². The molecule has 0 fully saturated rings. The predicted molar refractivity (Wildman–Crippen MR) is 63.9 cm³/mol. The van der Waals surface area contributed by atoms with Crippen molar-refractivity contribution in [3.63, 3.8) is 0 Å². The lowest BCUT2D eigenvalue weighted by Gasteiger charge is -2.05. The zero-order valence-electron chi connectivity index (χ0n) is 9.18. The Balaban J connectivity index is 2.56. The van der Waals surface area contributed by atoms with Crippen molar-refractivity contribution in [3.05, 3.63) is 46.2 Å². The van der Waals surface area contributed by atoms with Gasteiger partial charge in [-0.3, -0.25) is 0 Å². The number of aryl methyl sites for hydroxylation is 1. The summed E-state index contributed by atoms with van der Waals surface area (Å²) in [7, 11) is 0. The topological polar surface area (TPSA) is 61.8 Å². The molecule has 2 rings (SSSR count). The predicted octanol–water partition coefficient (Wildman–Crippen LogP) is 2.20. The first kappa shape index (κ1) is 11.6. The molecule has 5 heteroatoms. The van der Waals surface area contributed by atoms with E-state index in [0.29, 0.717) is 27.5 Å². The third kappa shape index (κ3) is 2.16. The van der Waals surface area contributed by atoms with Gasteiger partial charge in [0.15, 0.2) is 0 Å². The normalized spacial score (nSPS) is 10.2. The molecule has 1 aromatic heterocycles. The van der Waals surface area contributed by atoms with Crippen molar-refractivity contribution in [1.82, 2.24) is 9.78 Å². The summed E-state index contributed by atoms with van der Waals surface area (Å²) in [5.74, 6) is 0. The van der Waals surface area contributed by atoms with E-state index >= 15 is 0 Å². The van der Waals surface area contributed by atoms with Gasteiger partial charge in [0.25, 0.3) is 0 Å². The van der Waals surface area contributed by atoms with Gasteiger partial charge in [0, 0.05) is 6.20 Å². The molecule has 0 amide bonds. The summed E-state index contributed by atoms with van der Waals surface area (Å²) in [6.07, 6.45) is 1.66. The Morgan fingerprint density at radius 3 is 2.82 bits per heavy atom. The summed E-state index contributed by atoms with van der Waals surface area (Å²) in [5.41, 5.74) is 2.51. The van der Waals surface area contributed by atoms with Crippen molar-refractivity contribution >= 4 is 11.6 Å². The summed E-state index contributed by atoms with van der Waals surface area (Å²) >= 11 is 5.93. The van der Waals surface area contributed by atoms with Gasteiger partial charge in [0.1, 0.15) is 6.07 Å². The van der Waals surface area contributed by atoms with E-state index in [1.54, 1.807) is 36.0 Å². The number of benzene rings is 1. The third-order valence-electron chi connectivity index (χ3n) is 2.45. The number of aliphatic hydroxyl groups is 1. The minimum atomic E-state index is -0.0894. The van der Waals surface area contributed by atoms with Crippen molar-refractivity contribution in [3.8, 4) is 11.8 Å². The molecule has 1 heterocycles. The van der Waals surface area contributed by atoms with Gasteiger partial charge >= 0.3 is 0 Å². The molecule has 0 saturated carbocycles. The van der Waals surface area contributed by atoms with E-state index in [0.717, 1.165) is 0 Å². The van der Waals surface area contributed by atoms with E-state index in [4.69, 9.17) is 22.0 Å². The minimum Gasteiger partial charge on any atom is -0.392 e. The highest BCUT2D eigenvalue weighted by molar-refractivity contribution is 6.31. The third-order valence-corrected chi connectivity index (χ3v) is 2.82. The summed E-state index contributed by atoms with van der Waals surface area (Å²) in [6.45, 7) is 1.71. The van der Waals surface area contributed by atoms with Crippen molar-refractivity contribution in [1.29, 1.82) is 5.26 Å². The number of aliphatic hydroxyl groups excluding tert-OH is 1. The number of aromatic nitrogens is 2. The molecule has 0 unspecified atom stereocenters.